The lowest BCUT2D eigenvalue weighted by Crippen LogP contribution is -2.45. The van der Waals surface area contributed by atoms with Crippen LogP contribution in [0.4, 0.5) is 0 Å². The maximum absolute atomic E-state index is 3.53. The zero-order chi connectivity index (χ0) is 12.3. The molecule has 2 fully saturated rings. The van der Waals surface area contributed by atoms with Crippen LogP contribution in [0, 0.1) is 17.3 Å². The van der Waals surface area contributed by atoms with Crippen molar-refractivity contribution in [2.45, 2.75) is 46.5 Å². The smallest absolute Gasteiger partial charge is 0.00218 e. The fourth-order valence-corrected chi connectivity index (χ4v) is 3.27. The Kier molecular flexibility index (Phi) is 6.43. The summed E-state index contributed by atoms with van der Waals surface area (Å²) in [4.78, 5) is 2.71. The van der Waals surface area contributed by atoms with Crippen LogP contribution in [0.5, 0.6) is 0 Å². The molecule has 0 bridgehead atoms. The standard InChI is InChI=1S/C15H30N2.ClH/c1-13(2)15(3)6-9-17(10-7-15)12-14-5-4-8-16-11-14;/h13-14,16H,4-12H2,1-3H3;1H. The van der Waals surface area contributed by atoms with E-state index in [-0.39, 0.29) is 12.4 Å². The van der Waals surface area contributed by atoms with Gasteiger partial charge in [-0.1, -0.05) is 20.8 Å². The molecule has 1 unspecified atom stereocenters. The van der Waals surface area contributed by atoms with Crippen molar-refractivity contribution < 1.29 is 0 Å². The highest BCUT2D eigenvalue weighted by molar-refractivity contribution is 5.85. The molecule has 18 heavy (non-hydrogen) atoms. The van der Waals surface area contributed by atoms with Crippen molar-refractivity contribution in [1.82, 2.24) is 10.2 Å². The number of likely N-dealkylation sites (tertiary alicyclic amines) is 1. The topological polar surface area (TPSA) is 15.3 Å². The van der Waals surface area contributed by atoms with Crippen molar-refractivity contribution >= 4 is 12.4 Å². The molecule has 0 radical (unpaired) electrons. The molecule has 2 nitrogen and oxygen atoms in total. The summed E-state index contributed by atoms with van der Waals surface area (Å²) in [5.74, 6) is 1.74. The SMILES string of the molecule is CC(C)C1(C)CCN(CC2CCCNC2)CC1.Cl. The van der Waals surface area contributed by atoms with Crippen LogP contribution in [0.3, 0.4) is 0 Å². The number of nitrogens with one attached hydrogen (secondary N) is 1. The predicted molar refractivity (Wildman–Crippen MR) is 81.5 cm³/mol. The first-order chi connectivity index (χ1) is 8.10. The Bertz CT molecular complexity index is 229. The second-order valence-electron chi connectivity index (χ2n) is 6.82. The molecule has 2 heterocycles. The Morgan fingerprint density at radius 3 is 2.44 bits per heavy atom. The number of halogens is 1. The maximum atomic E-state index is 3.53. The molecule has 2 aliphatic rings. The average Bonchev–Trinajstić information content (AvgIpc) is 2.33. The monoisotopic (exact) mass is 274 g/mol. The Labute approximate surface area is 119 Å². The molecule has 1 N–H and O–H groups in total. The van der Waals surface area contributed by atoms with Crippen LogP contribution in [0.15, 0.2) is 0 Å². The van der Waals surface area contributed by atoms with Crippen molar-refractivity contribution in [3.05, 3.63) is 0 Å². The van der Waals surface area contributed by atoms with Crippen LogP contribution in [0.2, 0.25) is 0 Å². The van der Waals surface area contributed by atoms with Gasteiger partial charge in [0.15, 0.2) is 0 Å². The Hall–Kier alpha value is 0.210. The molecule has 1 atom stereocenters. The molecule has 0 saturated carbocycles. The molecular weight excluding hydrogens is 244 g/mol. The quantitative estimate of drug-likeness (QED) is 0.851. The van der Waals surface area contributed by atoms with Gasteiger partial charge in [-0.25, -0.2) is 0 Å². The third-order valence-corrected chi connectivity index (χ3v) is 5.31. The number of rotatable bonds is 3. The number of hydrogen-bond donors (Lipinski definition) is 1. The molecule has 108 valence electrons. The minimum absolute atomic E-state index is 0. The molecule has 0 aromatic rings. The Balaban J connectivity index is 0.00000162. The van der Waals surface area contributed by atoms with Crippen LogP contribution < -0.4 is 5.32 Å². The van der Waals surface area contributed by atoms with Crippen molar-refractivity contribution in [2.24, 2.45) is 17.3 Å². The average molecular weight is 275 g/mol. The third-order valence-electron chi connectivity index (χ3n) is 5.31. The van der Waals surface area contributed by atoms with E-state index >= 15 is 0 Å². The zero-order valence-electron chi connectivity index (χ0n) is 12.4. The number of hydrogen-bond acceptors (Lipinski definition) is 2. The summed E-state index contributed by atoms with van der Waals surface area (Å²) in [6.45, 7) is 13.7. The van der Waals surface area contributed by atoms with Crippen LogP contribution in [0.25, 0.3) is 0 Å². The second kappa shape index (κ2) is 7.12. The van der Waals surface area contributed by atoms with Gasteiger partial charge in [0, 0.05) is 6.54 Å². The Morgan fingerprint density at radius 1 is 1.28 bits per heavy atom. The summed E-state index contributed by atoms with van der Waals surface area (Å²) in [6.07, 6.45) is 5.60. The lowest BCUT2D eigenvalue weighted by molar-refractivity contribution is 0.0663. The van der Waals surface area contributed by atoms with E-state index in [1.807, 2.05) is 0 Å². The van der Waals surface area contributed by atoms with Crippen molar-refractivity contribution in [2.75, 3.05) is 32.7 Å². The highest BCUT2D eigenvalue weighted by Crippen LogP contribution is 2.38. The van der Waals surface area contributed by atoms with E-state index in [0.29, 0.717) is 5.41 Å². The summed E-state index contributed by atoms with van der Waals surface area (Å²) in [5, 5.41) is 3.53. The van der Waals surface area contributed by atoms with Gasteiger partial charge < -0.3 is 10.2 Å². The summed E-state index contributed by atoms with van der Waals surface area (Å²) in [7, 11) is 0. The minimum atomic E-state index is 0. The molecule has 2 saturated heterocycles. The van der Waals surface area contributed by atoms with E-state index in [1.165, 1.54) is 58.4 Å². The van der Waals surface area contributed by atoms with Gasteiger partial charge >= 0.3 is 0 Å². The van der Waals surface area contributed by atoms with Gasteiger partial charge in [-0.3, -0.25) is 0 Å². The van der Waals surface area contributed by atoms with E-state index < -0.39 is 0 Å². The molecule has 2 rings (SSSR count). The largest absolute Gasteiger partial charge is 0.316 e. The van der Waals surface area contributed by atoms with Crippen LogP contribution >= 0.6 is 12.4 Å². The summed E-state index contributed by atoms with van der Waals surface area (Å²) >= 11 is 0. The molecule has 2 aliphatic heterocycles. The van der Waals surface area contributed by atoms with Crippen LogP contribution in [-0.2, 0) is 0 Å². The van der Waals surface area contributed by atoms with Gasteiger partial charge in [0.1, 0.15) is 0 Å². The maximum Gasteiger partial charge on any atom is 0.00218 e. The summed E-state index contributed by atoms with van der Waals surface area (Å²) in [6, 6.07) is 0. The molecule has 0 amide bonds. The Morgan fingerprint density at radius 2 is 1.94 bits per heavy atom. The molecule has 0 aromatic heterocycles. The van der Waals surface area contributed by atoms with Crippen LogP contribution in [-0.4, -0.2) is 37.6 Å². The summed E-state index contributed by atoms with van der Waals surface area (Å²) < 4.78 is 0. The number of piperidine rings is 2. The summed E-state index contributed by atoms with van der Waals surface area (Å²) in [5.41, 5.74) is 0.599. The normalized spacial score (nSPS) is 29.0. The molecular formula is C15H31ClN2. The van der Waals surface area contributed by atoms with Gasteiger partial charge in [0.25, 0.3) is 0 Å². The molecule has 0 aromatic carbocycles. The zero-order valence-corrected chi connectivity index (χ0v) is 13.2. The van der Waals surface area contributed by atoms with Gasteiger partial charge in [-0.15, -0.1) is 12.4 Å². The minimum Gasteiger partial charge on any atom is -0.316 e. The molecule has 3 heteroatoms. The van der Waals surface area contributed by atoms with E-state index in [4.69, 9.17) is 0 Å². The number of nitrogens with zero attached hydrogens (tertiary/aromatic N) is 1. The van der Waals surface area contributed by atoms with Crippen molar-refractivity contribution in [3.63, 3.8) is 0 Å². The highest BCUT2D eigenvalue weighted by Gasteiger charge is 2.33. The highest BCUT2D eigenvalue weighted by atomic mass is 35.5. The van der Waals surface area contributed by atoms with Gasteiger partial charge in [0.2, 0.25) is 0 Å². The molecule has 0 aliphatic carbocycles. The lowest BCUT2D eigenvalue weighted by atomic mass is 9.72. The first-order valence-corrected chi connectivity index (χ1v) is 7.53. The predicted octanol–water partition coefficient (Wildman–Crippen LogP) is 3.17. The lowest BCUT2D eigenvalue weighted by Gasteiger charge is -2.43. The van der Waals surface area contributed by atoms with E-state index in [1.54, 1.807) is 0 Å². The second-order valence-corrected chi connectivity index (χ2v) is 6.82. The van der Waals surface area contributed by atoms with E-state index in [2.05, 4.69) is 31.0 Å². The fraction of sp³-hybridized carbons (Fsp3) is 1.00. The van der Waals surface area contributed by atoms with Gasteiger partial charge in [-0.05, 0) is 69.1 Å². The third kappa shape index (κ3) is 4.11. The first kappa shape index (κ1) is 16.3. The van der Waals surface area contributed by atoms with E-state index in [9.17, 15) is 0 Å². The van der Waals surface area contributed by atoms with Crippen molar-refractivity contribution in [3.8, 4) is 0 Å². The van der Waals surface area contributed by atoms with Gasteiger partial charge in [-0.2, -0.15) is 0 Å². The van der Waals surface area contributed by atoms with Crippen LogP contribution in [0.1, 0.15) is 46.5 Å². The van der Waals surface area contributed by atoms with Gasteiger partial charge in [0.05, 0.1) is 0 Å². The van der Waals surface area contributed by atoms with Crippen molar-refractivity contribution in [1.29, 1.82) is 0 Å². The van der Waals surface area contributed by atoms with E-state index in [0.717, 1.165) is 11.8 Å². The first-order valence-electron chi connectivity index (χ1n) is 7.53. The molecule has 0 spiro atoms. The fourth-order valence-electron chi connectivity index (χ4n) is 3.27.